The van der Waals surface area contributed by atoms with Crippen LogP contribution in [0.25, 0.3) is 0 Å². The average Bonchev–Trinajstić information content (AvgIpc) is 3.19. The molecule has 4 atom stereocenters. The summed E-state index contributed by atoms with van der Waals surface area (Å²) in [5.74, 6) is -0.732. The highest BCUT2D eigenvalue weighted by Gasteiger charge is 2.57. The molecule has 3 N–H and O–H groups in total. The van der Waals surface area contributed by atoms with E-state index in [1.165, 1.54) is 40.5 Å². The zero-order valence-electron chi connectivity index (χ0n) is 21.2. The van der Waals surface area contributed by atoms with Crippen LogP contribution in [0, 0.1) is 24.6 Å². The van der Waals surface area contributed by atoms with E-state index in [1.54, 1.807) is 16.8 Å². The van der Waals surface area contributed by atoms with Crippen molar-refractivity contribution in [1.82, 2.24) is 4.90 Å². The smallest absolute Gasteiger partial charge is 0.410 e. The maximum absolute atomic E-state index is 13.5. The van der Waals surface area contributed by atoms with Crippen LogP contribution in [0.3, 0.4) is 0 Å². The van der Waals surface area contributed by atoms with Crippen molar-refractivity contribution in [2.45, 2.75) is 64.3 Å². The normalized spacial score (nSPS) is 30.0. The fourth-order valence-electron chi connectivity index (χ4n) is 5.99. The van der Waals surface area contributed by atoms with Gasteiger partial charge in [-0.15, -0.1) is 11.3 Å². The van der Waals surface area contributed by atoms with E-state index in [1.807, 2.05) is 27.7 Å². The molecule has 1 saturated heterocycles. The molecule has 5 rings (SSSR count). The van der Waals surface area contributed by atoms with Crippen molar-refractivity contribution in [3.63, 3.8) is 0 Å². The lowest BCUT2D eigenvalue weighted by atomic mass is 9.77. The molecule has 0 radical (unpaired) electrons. The SMILES string of the molecule is Cc1c(C2(O)C3CCC2CN(C(=O)OC(C)(C)C)C3)sc2c1C(O)N(c1ccc(F)cc1)C(O)N2C. The number of nitrogens with zero attached hydrogens (tertiary/aromatic N) is 3. The highest BCUT2D eigenvalue weighted by molar-refractivity contribution is 7.16. The number of rotatable bonds is 2. The van der Waals surface area contributed by atoms with Gasteiger partial charge in [-0.2, -0.15) is 0 Å². The van der Waals surface area contributed by atoms with E-state index in [2.05, 4.69) is 0 Å². The molecule has 36 heavy (non-hydrogen) atoms. The van der Waals surface area contributed by atoms with Gasteiger partial charge in [-0.05, 0) is 70.4 Å². The number of fused-ring (bicyclic) bond motifs is 3. The highest BCUT2D eigenvalue weighted by Crippen LogP contribution is 2.57. The van der Waals surface area contributed by atoms with Gasteiger partial charge in [0.05, 0.1) is 0 Å². The van der Waals surface area contributed by atoms with Gasteiger partial charge >= 0.3 is 6.09 Å². The third-order valence-corrected chi connectivity index (χ3v) is 9.28. The number of likely N-dealkylation sites (tertiary alicyclic amines) is 1. The number of piperidine rings is 1. The number of amides is 1. The Kier molecular flexibility index (Phi) is 6.02. The second-order valence-electron chi connectivity index (χ2n) is 11.2. The van der Waals surface area contributed by atoms with Crippen LogP contribution in [-0.4, -0.2) is 58.4 Å². The Balaban J connectivity index is 1.49. The van der Waals surface area contributed by atoms with Crippen LogP contribution in [-0.2, 0) is 10.3 Å². The molecule has 0 spiro atoms. The summed E-state index contributed by atoms with van der Waals surface area (Å²) in [6.45, 7) is 8.19. The molecule has 1 amide bonds. The van der Waals surface area contributed by atoms with Gasteiger partial charge < -0.3 is 29.9 Å². The van der Waals surface area contributed by atoms with Crippen LogP contribution < -0.4 is 9.80 Å². The molecule has 4 unspecified atom stereocenters. The lowest BCUT2D eigenvalue weighted by Gasteiger charge is -2.44. The number of halogens is 1. The zero-order valence-corrected chi connectivity index (χ0v) is 22.0. The van der Waals surface area contributed by atoms with Crippen LogP contribution >= 0.6 is 11.3 Å². The molecule has 3 aliphatic rings. The molecule has 3 heterocycles. The van der Waals surface area contributed by atoms with Crippen molar-refractivity contribution in [3.05, 3.63) is 46.1 Å². The fourth-order valence-corrected chi connectivity index (χ4v) is 7.55. The van der Waals surface area contributed by atoms with E-state index < -0.39 is 29.6 Å². The molecule has 8 nitrogen and oxygen atoms in total. The molecule has 1 aromatic carbocycles. The standard InChI is InChI=1S/C26H34FN3O5S/c1-14-19-21(31)30(18-10-8-17(27)9-11-18)23(32)28(5)22(19)36-20(14)26(34)15-6-7-16(26)13-29(12-15)24(33)35-25(2,3)4/h8-11,15-16,21,23,31-32,34H,6-7,12-13H2,1-5H3. The van der Waals surface area contributed by atoms with E-state index in [0.717, 1.165) is 23.3 Å². The fraction of sp³-hybridized carbons (Fsp3) is 0.577. The molecule has 10 heteroatoms. The van der Waals surface area contributed by atoms with Crippen molar-refractivity contribution in [2.24, 2.45) is 11.8 Å². The van der Waals surface area contributed by atoms with Crippen molar-refractivity contribution < 1.29 is 29.2 Å². The van der Waals surface area contributed by atoms with E-state index in [-0.39, 0.29) is 17.9 Å². The molecule has 196 valence electrons. The van der Waals surface area contributed by atoms with Crippen LogP contribution in [0.1, 0.15) is 55.8 Å². The van der Waals surface area contributed by atoms with Crippen LogP contribution in [0.4, 0.5) is 19.9 Å². The van der Waals surface area contributed by atoms with E-state index in [0.29, 0.717) is 29.3 Å². The third-order valence-electron chi connectivity index (χ3n) is 7.74. The molecule has 2 fully saturated rings. The van der Waals surface area contributed by atoms with Crippen LogP contribution in [0.15, 0.2) is 24.3 Å². The lowest BCUT2D eigenvalue weighted by molar-refractivity contribution is -0.0881. The number of hydrogen-bond donors (Lipinski definition) is 3. The predicted molar refractivity (Wildman–Crippen MR) is 135 cm³/mol. The number of aliphatic hydroxyl groups is 3. The Morgan fingerprint density at radius 1 is 1.14 bits per heavy atom. The topological polar surface area (TPSA) is 96.7 Å². The van der Waals surface area contributed by atoms with E-state index >= 15 is 0 Å². The molecule has 1 aliphatic carbocycles. The van der Waals surface area contributed by atoms with Gasteiger partial charge in [0.1, 0.15) is 22.0 Å². The molecule has 1 saturated carbocycles. The Bertz CT molecular complexity index is 1150. The summed E-state index contributed by atoms with van der Waals surface area (Å²) < 4.78 is 19.1. The highest BCUT2D eigenvalue weighted by atomic mass is 32.1. The van der Waals surface area contributed by atoms with Crippen molar-refractivity contribution >= 4 is 28.1 Å². The van der Waals surface area contributed by atoms with Gasteiger partial charge in [0.25, 0.3) is 0 Å². The van der Waals surface area contributed by atoms with E-state index in [9.17, 15) is 24.5 Å². The molecule has 2 aliphatic heterocycles. The summed E-state index contributed by atoms with van der Waals surface area (Å²) in [7, 11) is 1.73. The van der Waals surface area contributed by atoms with Gasteiger partial charge in [0.2, 0.25) is 6.35 Å². The maximum atomic E-state index is 13.5. The average molecular weight is 520 g/mol. The first kappa shape index (κ1) is 25.3. The van der Waals surface area contributed by atoms with Crippen molar-refractivity contribution in [3.8, 4) is 0 Å². The summed E-state index contributed by atoms with van der Waals surface area (Å²) in [6.07, 6.45) is -1.15. The largest absolute Gasteiger partial charge is 0.444 e. The van der Waals surface area contributed by atoms with Crippen LogP contribution in [0.5, 0.6) is 0 Å². The molecular formula is C26H34FN3O5S. The Morgan fingerprint density at radius 2 is 1.72 bits per heavy atom. The first-order chi connectivity index (χ1) is 16.8. The molecule has 1 aromatic heterocycles. The minimum atomic E-state index is -1.18. The van der Waals surface area contributed by atoms with Gasteiger partial charge in [-0.3, -0.25) is 4.90 Å². The van der Waals surface area contributed by atoms with Crippen molar-refractivity contribution in [2.75, 3.05) is 29.9 Å². The number of carbonyl (C=O) groups is 1. The quantitative estimate of drug-likeness (QED) is 0.554. The Morgan fingerprint density at radius 3 is 2.28 bits per heavy atom. The molecule has 2 bridgehead atoms. The number of anilines is 2. The molecular weight excluding hydrogens is 485 g/mol. The van der Waals surface area contributed by atoms with Crippen LogP contribution in [0.2, 0.25) is 0 Å². The van der Waals surface area contributed by atoms with E-state index in [4.69, 9.17) is 4.74 Å². The van der Waals surface area contributed by atoms with Gasteiger partial charge in [-0.1, -0.05) is 0 Å². The summed E-state index contributed by atoms with van der Waals surface area (Å²) >= 11 is 1.38. The van der Waals surface area contributed by atoms with Gasteiger partial charge in [0, 0.05) is 48.1 Å². The predicted octanol–water partition coefficient (Wildman–Crippen LogP) is 3.88. The number of carbonyl (C=O) groups excluding carboxylic acids is 1. The number of hydrogen-bond acceptors (Lipinski definition) is 8. The number of benzene rings is 1. The summed E-state index contributed by atoms with van der Waals surface area (Å²) in [5.41, 5.74) is 0.140. The minimum Gasteiger partial charge on any atom is -0.444 e. The zero-order chi connectivity index (χ0) is 26.2. The first-order valence-corrected chi connectivity index (χ1v) is 13.1. The Labute approximate surface area is 214 Å². The Hall–Kier alpha value is -2.40. The van der Waals surface area contributed by atoms with Crippen molar-refractivity contribution in [1.29, 1.82) is 0 Å². The molecule has 2 aromatic rings. The first-order valence-electron chi connectivity index (χ1n) is 12.3. The maximum Gasteiger partial charge on any atom is 0.410 e. The monoisotopic (exact) mass is 519 g/mol. The summed E-state index contributed by atoms with van der Waals surface area (Å²) in [4.78, 5) is 18.3. The van der Waals surface area contributed by atoms with Gasteiger partial charge in [-0.25, -0.2) is 9.18 Å². The lowest BCUT2D eigenvalue weighted by Crippen LogP contribution is -2.54. The number of ether oxygens (including phenoxy) is 1. The number of thiophene rings is 1. The third kappa shape index (κ3) is 3.86. The summed E-state index contributed by atoms with van der Waals surface area (Å²) in [6, 6.07) is 5.61. The second-order valence-corrected chi connectivity index (χ2v) is 12.2. The van der Waals surface area contributed by atoms with Gasteiger partial charge in [0.15, 0.2) is 6.23 Å². The number of aliphatic hydroxyl groups excluding tert-OH is 2. The summed E-state index contributed by atoms with van der Waals surface area (Å²) in [5, 5.41) is 35.3. The minimum absolute atomic E-state index is 0.164. The second kappa shape index (κ2) is 8.58.